The van der Waals surface area contributed by atoms with Gasteiger partial charge in [0.15, 0.2) is 6.79 Å². The molecule has 0 spiro atoms. The molecule has 6 heteroatoms. The standard InChI is InChI=1S/C14H22O6/c1-11(2)14(16)18-8-6-5-7-17-10-20-12(3)9-19-13(4)15/h1,3,5-10H2,2,4H3. The Bertz CT molecular complexity index is 348. The van der Waals surface area contributed by atoms with Gasteiger partial charge in [0, 0.05) is 12.5 Å². The third kappa shape index (κ3) is 11.3. The zero-order chi connectivity index (χ0) is 15.4. The first kappa shape index (κ1) is 18.2. The van der Waals surface area contributed by atoms with Crippen molar-refractivity contribution < 1.29 is 28.5 Å². The van der Waals surface area contributed by atoms with Gasteiger partial charge in [-0.05, 0) is 19.8 Å². The second kappa shape index (κ2) is 11.0. The molecule has 0 aliphatic heterocycles. The van der Waals surface area contributed by atoms with E-state index in [-0.39, 0.29) is 25.3 Å². The summed E-state index contributed by atoms with van der Waals surface area (Å²) in [4.78, 5) is 21.6. The zero-order valence-corrected chi connectivity index (χ0v) is 12.1. The lowest BCUT2D eigenvalue weighted by atomic mass is 10.3. The summed E-state index contributed by atoms with van der Waals surface area (Å²) in [6.45, 7) is 10.8. The van der Waals surface area contributed by atoms with Crippen molar-refractivity contribution in [3.63, 3.8) is 0 Å². The fourth-order valence-corrected chi connectivity index (χ4v) is 1.00. The van der Waals surface area contributed by atoms with Crippen molar-refractivity contribution in [2.24, 2.45) is 0 Å². The zero-order valence-electron chi connectivity index (χ0n) is 12.1. The molecule has 114 valence electrons. The molecule has 0 aliphatic carbocycles. The van der Waals surface area contributed by atoms with Gasteiger partial charge in [-0.15, -0.1) is 0 Å². The van der Waals surface area contributed by atoms with E-state index in [4.69, 9.17) is 14.2 Å². The summed E-state index contributed by atoms with van der Waals surface area (Å²) in [7, 11) is 0. The molecule has 0 aromatic rings. The Hall–Kier alpha value is -1.82. The Morgan fingerprint density at radius 2 is 1.60 bits per heavy atom. The summed E-state index contributed by atoms with van der Waals surface area (Å²) >= 11 is 0. The molecule has 0 aromatic carbocycles. The summed E-state index contributed by atoms with van der Waals surface area (Å²) in [5.41, 5.74) is 0.390. The molecule has 0 rings (SSSR count). The largest absolute Gasteiger partial charge is 0.469 e. The van der Waals surface area contributed by atoms with E-state index in [0.29, 0.717) is 31.0 Å². The van der Waals surface area contributed by atoms with E-state index in [1.807, 2.05) is 0 Å². The average Bonchev–Trinajstić information content (AvgIpc) is 2.38. The van der Waals surface area contributed by atoms with Crippen molar-refractivity contribution in [1.82, 2.24) is 0 Å². The normalized spacial score (nSPS) is 9.70. The Morgan fingerprint density at radius 1 is 0.950 bits per heavy atom. The number of rotatable bonds is 11. The van der Waals surface area contributed by atoms with Crippen LogP contribution in [0.2, 0.25) is 0 Å². The van der Waals surface area contributed by atoms with Crippen molar-refractivity contribution in [2.75, 3.05) is 26.6 Å². The van der Waals surface area contributed by atoms with Crippen LogP contribution in [-0.2, 0) is 28.5 Å². The maximum atomic E-state index is 11.0. The first-order valence-electron chi connectivity index (χ1n) is 6.27. The van der Waals surface area contributed by atoms with Crippen molar-refractivity contribution in [1.29, 1.82) is 0 Å². The minimum Gasteiger partial charge on any atom is -0.469 e. The highest BCUT2D eigenvalue weighted by Gasteiger charge is 2.02. The molecule has 0 fully saturated rings. The molecule has 6 nitrogen and oxygen atoms in total. The maximum absolute atomic E-state index is 11.0. The Labute approximate surface area is 119 Å². The SMILES string of the molecule is C=C(COC(C)=O)OCOCCCCOC(=O)C(=C)C. The number of carbonyl (C=O) groups is 2. The number of ether oxygens (including phenoxy) is 4. The molecule has 0 amide bonds. The van der Waals surface area contributed by atoms with Crippen molar-refractivity contribution in [2.45, 2.75) is 26.7 Å². The molecular weight excluding hydrogens is 264 g/mol. The molecule has 0 atom stereocenters. The van der Waals surface area contributed by atoms with Crippen molar-refractivity contribution in [3.05, 3.63) is 24.5 Å². The van der Waals surface area contributed by atoms with Crippen LogP contribution in [0.25, 0.3) is 0 Å². The smallest absolute Gasteiger partial charge is 0.333 e. The number of esters is 2. The molecule has 0 radical (unpaired) electrons. The molecule has 0 N–H and O–H groups in total. The quantitative estimate of drug-likeness (QED) is 0.190. The van der Waals surface area contributed by atoms with Crippen LogP contribution in [0.1, 0.15) is 26.7 Å². The van der Waals surface area contributed by atoms with Crippen molar-refractivity contribution >= 4 is 11.9 Å². The van der Waals surface area contributed by atoms with Crippen LogP contribution < -0.4 is 0 Å². The van der Waals surface area contributed by atoms with E-state index < -0.39 is 0 Å². The van der Waals surface area contributed by atoms with E-state index in [2.05, 4.69) is 17.9 Å². The van der Waals surface area contributed by atoms with Crippen LogP contribution in [0.5, 0.6) is 0 Å². The molecule has 0 bridgehead atoms. The Balaban J connectivity index is 3.32. The fourth-order valence-electron chi connectivity index (χ4n) is 1.00. The summed E-state index contributed by atoms with van der Waals surface area (Å²) in [5.74, 6) is -0.438. The van der Waals surface area contributed by atoms with E-state index in [0.717, 1.165) is 6.42 Å². The van der Waals surface area contributed by atoms with Crippen molar-refractivity contribution in [3.8, 4) is 0 Å². The molecular formula is C14H22O6. The Morgan fingerprint density at radius 3 is 2.20 bits per heavy atom. The number of unbranched alkanes of at least 4 members (excludes halogenated alkanes) is 1. The van der Waals surface area contributed by atoms with Crippen LogP contribution in [0.3, 0.4) is 0 Å². The van der Waals surface area contributed by atoms with Gasteiger partial charge < -0.3 is 18.9 Å². The lowest BCUT2D eigenvalue weighted by molar-refractivity contribution is -0.141. The second-order valence-corrected chi connectivity index (χ2v) is 4.11. The van der Waals surface area contributed by atoms with Gasteiger partial charge in [-0.3, -0.25) is 4.79 Å². The topological polar surface area (TPSA) is 71.1 Å². The number of hydrogen-bond donors (Lipinski definition) is 0. The van der Waals surface area contributed by atoms with E-state index in [1.165, 1.54) is 6.92 Å². The van der Waals surface area contributed by atoms with Crippen LogP contribution >= 0.6 is 0 Å². The minimum absolute atomic E-state index is 0.0234. The lowest BCUT2D eigenvalue weighted by Crippen LogP contribution is -2.09. The third-order valence-corrected chi connectivity index (χ3v) is 2.05. The summed E-state index contributed by atoms with van der Waals surface area (Å²) < 4.78 is 19.9. The highest BCUT2D eigenvalue weighted by molar-refractivity contribution is 5.86. The van der Waals surface area contributed by atoms with Gasteiger partial charge >= 0.3 is 11.9 Å². The van der Waals surface area contributed by atoms with Gasteiger partial charge in [0.2, 0.25) is 0 Å². The highest BCUT2D eigenvalue weighted by atomic mass is 16.7. The molecule has 0 heterocycles. The van der Waals surface area contributed by atoms with E-state index in [9.17, 15) is 9.59 Å². The van der Waals surface area contributed by atoms with Gasteiger partial charge in [0.05, 0.1) is 13.2 Å². The molecule has 0 saturated carbocycles. The van der Waals surface area contributed by atoms with Gasteiger partial charge in [-0.1, -0.05) is 13.2 Å². The lowest BCUT2D eigenvalue weighted by Gasteiger charge is -2.09. The van der Waals surface area contributed by atoms with E-state index >= 15 is 0 Å². The second-order valence-electron chi connectivity index (χ2n) is 4.11. The maximum Gasteiger partial charge on any atom is 0.333 e. The van der Waals surface area contributed by atoms with Gasteiger partial charge in [0.1, 0.15) is 12.4 Å². The predicted octanol–water partition coefficient (Wildman–Crippen LogP) is 1.95. The number of carbonyl (C=O) groups excluding carboxylic acids is 2. The molecule has 0 aromatic heterocycles. The summed E-state index contributed by atoms with van der Waals surface area (Å²) in [6.07, 6.45) is 1.44. The van der Waals surface area contributed by atoms with Gasteiger partial charge in [-0.2, -0.15) is 0 Å². The first-order valence-corrected chi connectivity index (χ1v) is 6.27. The van der Waals surface area contributed by atoms with Gasteiger partial charge in [-0.25, -0.2) is 4.79 Å². The van der Waals surface area contributed by atoms with Crippen LogP contribution in [0, 0.1) is 0 Å². The van der Waals surface area contributed by atoms with Crippen LogP contribution in [0.4, 0.5) is 0 Å². The monoisotopic (exact) mass is 286 g/mol. The molecule has 0 unspecified atom stereocenters. The molecule has 0 saturated heterocycles. The molecule has 0 aliphatic rings. The van der Waals surface area contributed by atoms with Crippen LogP contribution in [-0.4, -0.2) is 38.6 Å². The molecule has 20 heavy (non-hydrogen) atoms. The average molecular weight is 286 g/mol. The van der Waals surface area contributed by atoms with E-state index in [1.54, 1.807) is 6.92 Å². The first-order chi connectivity index (χ1) is 9.43. The van der Waals surface area contributed by atoms with Crippen LogP contribution in [0.15, 0.2) is 24.5 Å². The number of hydrogen-bond acceptors (Lipinski definition) is 6. The summed E-state index contributed by atoms with van der Waals surface area (Å²) in [6, 6.07) is 0. The highest BCUT2D eigenvalue weighted by Crippen LogP contribution is 1.98. The third-order valence-electron chi connectivity index (χ3n) is 2.05. The predicted molar refractivity (Wildman–Crippen MR) is 72.7 cm³/mol. The fraction of sp³-hybridized carbons (Fsp3) is 0.571. The summed E-state index contributed by atoms with van der Waals surface area (Å²) in [5, 5.41) is 0. The minimum atomic E-state index is -0.389. The van der Waals surface area contributed by atoms with Gasteiger partial charge in [0.25, 0.3) is 0 Å². The Kier molecular flexibility index (Phi) is 10.0.